The standard InChI is InChI=1S/C21H17N3O2S/c25-19(15-8-9-17-18(10-15)26-20(24-17)13-6-7-13)22-11-16-12-23-21(27-16)14-4-2-1-3-5-14/h1-5,8-10,12-13H,6-7,11H2,(H,22,25). The Labute approximate surface area is 160 Å². The van der Waals surface area contributed by atoms with Gasteiger partial charge < -0.3 is 9.73 Å². The number of benzene rings is 2. The van der Waals surface area contributed by atoms with Gasteiger partial charge in [0.1, 0.15) is 10.5 Å². The fourth-order valence-corrected chi connectivity index (χ4v) is 3.82. The Bertz CT molecular complexity index is 1110. The fraction of sp³-hybridized carbons (Fsp3) is 0.190. The molecule has 1 amide bonds. The van der Waals surface area contributed by atoms with Gasteiger partial charge >= 0.3 is 0 Å². The van der Waals surface area contributed by atoms with Crippen LogP contribution in [0.2, 0.25) is 0 Å². The maximum Gasteiger partial charge on any atom is 0.251 e. The molecule has 1 saturated carbocycles. The highest BCUT2D eigenvalue weighted by atomic mass is 32.1. The zero-order valence-corrected chi connectivity index (χ0v) is 15.3. The number of carbonyl (C=O) groups excluding carboxylic acids is 1. The van der Waals surface area contributed by atoms with Crippen LogP contribution >= 0.6 is 11.3 Å². The second-order valence-electron chi connectivity index (χ2n) is 6.69. The van der Waals surface area contributed by atoms with Crippen molar-refractivity contribution in [2.75, 3.05) is 0 Å². The number of nitrogens with one attached hydrogen (secondary N) is 1. The lowest BCUT2D eigenvalue weighted by atomic mass is 10.2. The summed E-state index contributed by atoms with van der Waals surface area (Å²) in [4.78, 5) is 22.5. The predicted octanol–water partition coefficient (Wildman–Crippen LogP) is 4.76. The summed E-state index contributed by atoms with van der Waals surface area (Å²) in [6.45, 7) is 0.450. The number of amides is 1. The van der Waals surface area contributed by atoms with E-state index in [1.54, 1.807) is 23.5 Å². The number of hydrogen-bond donors (Lipinski definition) is 1. The summed E-state index contributed by atoms with van der Waals surface area (Å²) in [5.74, 6) is 1.12. The highest BCUT2D eigenvalue weighted by molar-refractivity contribution is 7.15. The number of aromatic nitrogens is 2. The van der Waals surface area contributed by atoms with Crippen LogP contribution in [0.5, 0.6) is 0 Å². The Balaban J connectivity index is 1.28. The van der Waals surface area contributed by atoms with Gasteiger partial charge in [0.05, 0.1) is 6.54 Å². The van der Waals surface area contributed by atoms with Crippen molar-refractivity contribution in [1.82, 2.24) is 15.3 Å². The minimum absolute atomic E-state index is 0.129. The lowest BCUT2D eigenvalue weighted by Gasteiger charge is -2.03. The molecule has 0 bridgehead atoms. The second kappa shape index (κ2) is 6.63. The van der Waals surface area contributed by atoms with Crippen LogP contribution in [0.25, 0.3) is 21.7 Å². The van der Waals surface area contributed by atoms with E-state index in [0.717, 1.165) is 39.7 Å². The molecule has 2 aromatic carbocycles. The van der Waals surface area contributed by atoms with Crippen molar-refractivity contribution in [2.45, 2.75) is 25.3 Å². The van der Waals surface area contributed by atoms with Crippen LogP contribution in [-0.2, 0) is 6.54 Å². The van der Waals surface area contributed by atoms with Crippen molar-refractivity contribution in [2.24, 2.45) is 0 Å². The van der Waals surface area contributed by atoms with E-state index < -0.39 is 0 Å². The van der Waals surface area contributed by atoms with Gasteiger partial charge in [-0.2, -0.15) is 0 Å². The average molecular weight is 375 g/mol. The molecule has 134 valence electrons. The molecule has 1 aliphatic rings. The van der Waals surface area contributed by atoms with E-state index >= 15 is 0 Å². The third-order valence-corrected chi connectivity index (χ3v) is 5.64. The molecule has 0 aliphatic heterocycles. The lowest BCUT2D eigenvalue weighted by molar-refractivity contribution is 0.0951. The molecule has 0 unspecified atom stereocenters. The number of oxazole rings is 1. The van der Waals surface area contributed by atoms with Gasteiger partial charge in [-0.25, -0.2) is 9.97 Å². The van der Waals surface area contributed by atoms with E-state index in [9.17, 15) is 4.79 Å². The fourth-order valence-electron chi connectivity index (χ4n) is 2.96. The summed E-state index contributed by atoms with van der Waals surface area (Å²) in [6.07, 6.45) is 4.09. The van der Waals surface area contributed by atoms with Crippen LogP contribution in [0, 0.1) is 0 Å². The summed E-state index contributed by atoms with van der Waals surface area (Å²) in [5.41, 5.74) is 3.15. The maximum atomic E-state index is 12.5. The number of thiazole rings is 1. The summed E-state index contributed by atoms with van der Waals surface area (Å²) in [6, 6.07) is 15.4. The molecule has 2 aromatic heterocycles. The van der Waals surface area contributed by atoms with E-state index in [1.807, 2.05) is 42.6 Å². The van der Waals surface area contributed by atoms with Crippen LogP contribution in [0.1, 0.15) is 39.9 Å². The van der Waals surface area contributed by atoms with Crippen LogP contribution in [0.15, 0.2) is 59.1 Å². The summed E-state index contributed by atoms with van der Waals surface area (Å²) in [7, 11) is 0. The van der Waals surface area contributed by atoms with Gasteiger partial charge in [-0.05, 0) is 31.0 Å². The average Bonchev–Trinajstić information content (AvgIpc) is 3.30. The first kappa shape index (κ1) is 16.2. The van der Waals surface area contributed by atoms with Crippen molar-refractivity contribution >= 4 is 28.3 Å². The molecular weight excluding hydrogens is 358 g/mol. The first-order chi connectivity index (χ1) is 13.3. The van der Waals surface area contributed by atoms with Gasteiger partial charge in [-0.3, -0.25) is 4.79 Å². The highest BCUT2D eigenvalue weighted by Crippen LogP contribution is 2.40. The third-order valence-electron chi connectivity index (χ3n) is 4.59. The number of rotatable bonds is 5. The zero-order valence-electron chi connectivity index (χ0n) is 14.5. The van der Waals surface area contributed by atoms with Crippen molar-refractivity contribution in [1.29, 1.82) is 0 Å². The van der Waals surface area contributed by atoms with Crippen molar-refractivity contribution in [3.8, 4) is 10.6 Å². The predicted molar refractivity (Wildman–Crippen MR) is 105 cm³/mol. The van der Waals surface area contributed by atoms with E-state index in [0.29, 0.717) is 23.6 Å². The first-order valence-corrected chi connectivity index (χ1v) is 9.77. The molecule has 0 radical (unpaired) electrons. The number of carbonyl (C=O) groups is 1. The maximum absolute atomic E-state index is 12.5. The van der Waals surface area contributed by atoms with Crippen LogP contribution in [0.4, 0.5) is 0 Å². The molecular formula is C21H17N3O2S. The Morgan fingerprint density at radius 2 is 2.04 bits per heavy atom. The molecule has 5 nitrogen and oxygen atoms in total. The van der Waals surface area contributed by atoms with Crippen molar-refractivity contribution in [3.63, 3.8) is 0 Å². The summed E-state index contributed by atoms with van der Waals surface area (Å²) >= 11 is 1.58. The molecule has 0 spiro atoms. The molecule has 4 aromatic rings. The minimum atomic E-state index is -0.129. The molecule has 1 fully saturated rings. The lowest BCUT2D eigenvalue weighted by Crippen LogP contribution is -2.22. The SMILES string of the molecule is O=C(NCc1cnc(-c2ccccc2)s1)c1ccc2nc(C3CC3)oc2c1. The normalized spacial score (nSPS) is 13.8. The Morgan fingerprint density at radius 1 is 1.19 bits per heavy atom. The highest BCUT2D eigenvalue weighted by Gasteiger charge is 2.29. The van der Waals surface area contributed by atoms with E-state index in [4.69, 9.17) is 4.42 Å². The molecule has 1 aliphatic carbocycles. The number of fused-ring (bicyclic) bond motifs is 1. The Morgan fingerprint density at radius 3 is 2.85 bits per heavy atom. The molecule has 2 heterocycles. The van der Waals surface area contributed by atoms with E-state index in [-0.39, 0.29) is 5.91 Å². The molecule has 0 saturated heterocycles. The number of nitrogens with zero attached hydrogens (tertiary/aromatic N) is 2. The first-order valence-electron chi connectivity index (χ1n) is 8.95. The van der Waals surface area contributed by atoms with Gasteiger partial charge in [0.25, 0.3) is 5.91 Å². The third kappa shape index (κ3) is 3.36. The molecule has 0 atom stereocenters. The Kier molecular flexibility index (Phi) is 3.98. The summed E-state index contributed by atoms with van der Waals surface area (Å²) < 4.78 is 5.80. The summed E-state index contributed by atoms with van der Waals surface area (Å²) in [5, 5.41) is 3.91. The van der Waals surface area contributed by atoms with E-state index in [2.05, 4.69) is 15.3 Å². The van der Waals surface area contributed by atoms with Crippen LogP contribution < -0.4 is 5.32 Å². The van der Waals surface area contributed by atoms with E-state index in [1.165, 1.54) is 0 Å². The molecule has 6 heteroatoms. The van der Waals surface area contributed by atoms with Crippen molar-refractivity contribution < 1.29 is 9.21 Å². The van der Waals surface area contributed by atoms with Crippen LogP contribution in [0.3, 0.4) is 0 Å². The smallest absolute Gasteiger partial charge is 0.251 e. The van der Waals surface area contributed by atoms with Gasteiger partial charge in [0, 0.05) is 28.1 Å². The molecule has 5 rings (SSSR count). The van der Waals surface area contributed by atoms with Crippen molar-refractivity contribution in [3.05, 3.63) is 71.1 Å². The van der Waals surface area contributed by atoms with Gasteiger partial charge in [-0.1, -0.05) is 30.3 Å². The minimum Gasteiger partial charge on any atom is -0.440 e. The van der Waals surface area contributed by atoms with Gasteiger partial charge in [-0.15, -0.1) is 11.3 Å². The molecule has 27 heavy (non-hydrogen) atoms. The topological polar surface area (TPSA) is 68.0 Å². The zero-order chi connectivity index (χ0) is 18.2. The largest absolute Gasteiger partial charge is 0.440 e. The van der Waals surface area contributed by atoms with Gasteiger partial charge in [0.2, 0.25) is 0 Å². The van der Waals surface area contributed by atoms with Gasteiger partial charge in [0.15, 0.2) is 11.5 Å². The van der Waals surface area contributed by atoms with Crippen LogP contribution in [-0.4, -0.2) is 15.9 Å². The second-order valence-corrected chi connectivity index (χ2v) is 7.80. The monoisotopic (exact) mass is 375 g/mol. The quantitative estimate of drug-likeness (QED) is 0.546. The Hall–Kier alpha value is -2.99. The number of hydrogen-bond acceptors (Lipinski definition) is 5. The molecule has 1 N–H and O–H groups in total.